The first-order chi connectivity index (χ1) is 11.6. The second kappa shape index (κ2) is 5.24. The minimum atomic E-state index is -0.553. The van der Waals surface area contributed by atoms with Crippen molar-refractivity contribution in [1.82, 2.24) is 14.6 Å². The molecule has 7 heteroatoms. The molecular formula is C17H12N4O3. The largest absolute Gasteiger partial charge is 0.338 e. The molecule has 24 heavy (non-hydrogen) atoms. The Kier molecular flexibility index (Phi) is 3.06. The fourth-order valence-corrected chi connectivity index (χ4v) is 2.62. The Morgan fingerprint density at radius 1 is 0.958 bits per heavy atom. The molecule has 7 nitrogen and oxygen atoms in total. The van der Waals surface area contributed by atoms with Gasteiger partial charge in [-0.15, -0.1) is 0 Å². The van der Waals surface area contributed by atoms with Crippen molar-refractivity contribution < 1.29 is 4.79 Å². The van der Waals surface area contributed by atoms with E-state index in [9.17, 15) is 14.4 Å². The molecule has 0 bridgehead atoms. The minimum absolute atomic E-state index is 0.00621. The predicted octanol–water partition coefficient (Wildman–Crippen LogP) is 1.72. The highest BCUT2D eigenvalue weighted by Gasteiger charge is 2.16. The van der Waals surface area contributed by atoms with Crippen molar-refractivity contribution in [3.63, 3.8) is 0 Å². The summed E-state index contributed by atoms with van der Waals surface area (Å²) in [6.45, 7) is 0. The molecule has 1 amide bonds. The predicted molar refractivity (Wildman–Crippen MR) is 90.5 cm³/mol. The monoisotopic (exact) mass is 320 g/mol. The van der Waals surface area contributed by atoms with Crippen molar-refractivity contribution in [1.29, 1.82) is 0 Å². The topological polar surface area (TPSA) is 99.2 Å². The highest BCUT2D eigenvalue weighted by atomic mass is 16.2. The van der Waals surface area contributed by atoms with Crippen LogP contribution in [-0.2, 0) is 0 Å². The molecule has 118 valence electrons. The lowest BCUT2D eigenvalue weighted by Gasteiger charge is -2.04. The first-order valence-corrected chi connectivity index (χ1v) is 7.27. The zero-order valence-corrected chi connectivity index (χ0v) is 12.4. The van der Waals surface area contributed by atoms with E-state index in [1.54, 1.807) is 54.6 Å². The van der Waals surface area contributed by atoms with Crippen LogP contribution in [0.25, 0.3) is 16.6 Å². The van der Waals surface area contributed by atoms with Crippen LogP contribution in [0.4, 0.5) is 5.69 Å². The molecule has 0 unspecified atom stereocenters. The Morgan fingerprint density at radius 3 is 2.46 bits per heavy atom. The number of nitrogens with one attached hydrogen (secondary N) is 3. The molecule has 0 spiro atoms. The minimum Gasteiger partial charge on any atom is -0.338 e. The molecule has 0 saturated heterocycles. The first kappa shape index (κ1) is 14.0. The van der Waals surface area contributed by atoms with E-state index < -0.39 is 11.5 Å². The molecule has 0 radical (unpaired) electrons. The van der Waals surface area contributed by atoms with E-state index in [0.29, 0.717) is 16.5 Å². The Balaban J connectivity index is 1.90. The van der Waals surface area contributed by atoms with Crippen LogP contribution >= 0.6 is 0 Å². The number of benzene rings is 2. The lowest BCUT2D eigenvalue weighted by molar-refractivity contribution is 0.102. The van der Waals surface area contributed by atoms with Crippen molar-refractivity contribution in [3.05, 3.63) is 80.9 Å². The Morgan fingerprint density at radius 2 is 1.67 bits per heavy atom. The number of hydrogen-bond donors (Lipinski definition) is 3. The van der Waals surface area contributed by atoms with Crippen molar-refractivity contribution in [2.24, 2.45) is 0 Å². The van der Waals surface area contributed by atoms with Gasteiger partial charge in [-0.3, -0.25) is 19.5 Å². The fraction of sp³-hybridized carbons (Fsp3) is 0. The van der Waals surface area contributed by atoms with E-state index >= 15 is 0 Å². The van der Waals surface area contributed by atoms with E-state index in [1.165, 1.54) is 0 Å². The van der Waals surface area contributed by atoms with Gasteiger partial charge >= 0.3 is 0 Å². The Labute approximate surface area is 134 Å². The number of para-hydroxylation sites is 1. The normalized spacial score (nSPS) is 11.0. The number of nitrogens with zero attached hydrogens (tertiary/aromatic N) is 1. The van der Waals surface area contributed by atoms with Gasteiger partial charge in [0.15, 0.2) is 11.3 Å². The lowest BCUT2D eigenvalue weighted by Crippen LogP contribution is -2.17. The number of hydrogen-bond acceptors (Lipinski definition) is 3. The average Bonchev–Trinajstić information content (AvgIpc) is 2.92. The smallest absolute Gasteiger partial charge is 0.290 e. The highest BCUT2D eigenvalue weighted by molar-refractivity contribution is 6.06. The molecule has 2 heterocycles. The molecule has 0 atom stereocenters. The second-order valence-electron chi connectivity index (χ2n) is 5.30. The van der Waals surface area contributed by atoms with Gasteiger partial charge in [-0.25, -0.2) is 0 Å². The SMILES string of the molecule is O=C(Nc1c(=O)[nH]n2c(=O)c3ccccc3[nH]c12)c1ccccc1. The number of H-pyrrole nitrogens is 2. The quantitative estimate of drug-likeness (QED) is 0.524. The van der Waals surface area contributed by atoms with E-state index in [0.717, 1.165) is 4.52 Å². The average molecular weight is 320 g/mol. The third-order valence-electron chi connectivity index (χ3n) is 3.79. The molecule has 0 saturated carbocycles. The van der Waals surface area contributed by atoms with Crippen LogP contribution in [-0.4, -0.2) is 20.5 Å². The Hall–Kier alpha value is -3.61. The van der Waals surface area contributed by atoms with E-state index in [4.69, 9.17) is 0 Å². The maximum atomic E-state index is 12.5. The van der Waals surface area contributed by atoms with E-state index in [1.807, 2.05) is 0 Å². The maximum absolute atomic E-state index is 12.5. The van der Waals surface area contributed by atoms with Crippen LogP contribution in [0.5, 0.6) is 0 Å². The summed E-state index contributed by atoms with van der Waals surface area (Å²) in [7, 11) is 0. The summed E-state index contributed by atoms with van der Waals surface area (Å²) in [5.74, 6) is -0.428. The zero-order chi connectivity index (χ0) is 16.7. The number of fused-ring (bicyclic) bond motifs is 2. The summed E-state index contributed by atoms with van der Waals surface area (Å²) >= 11 is 0. The highest BCUT2D eigenvalue weighted by Crippen LogP contribution is 2.14. The zero-order valence-electron chi connectivity index (χ0n) is 12.4. The summed E-state index contributed by atoms with van der Waals surface area (Å²) in [4.78, 5) is 40.0. The van der Waals surface area contributed by atoms with Gasteiger partial charge in [-0.1, -0.05) is 30.3 Å². The fourth-order valence-electron chi connectivity index (χ4n) is 2.62. The van der Waals surface area contributed by atoms with Crippen molar-refractivity contribution in [2.75, 3.05) is 5.32 Å². The van der Waals surface area contributed by atoms with Crippen molar-refractivity contribution >= 4 is 28.1 Å². The number of aromatic amines is 2. The molecule has 3 N–H and O–H groups in total. The molecule has 0 fully saturated rings. The van der Waals surface area contributed by atoms with Crippen LogP contribution in [0.2, 0.25) is 0 Å². The van der Waals surface area contributed by atoms with Crippen LogP contribution in [0.15, 0.2) is 64.2 Å². The van der Waals surface area contributed by atoms with Gasteiger partial charge in [-0.2, -0.15) is 4.52 Å². The molecule has 0 aliphatic carbocycles. The summed E-state index contributed by atoms with van der Waals surface area (Å²) in [6, 6.07) is 15.4. The van der Waals surface area contributed by atoms with Crippen LogP contribution in [0, 0.1) is 0 Å². The second-order valence-corrected chi connectivity index (χ2v) is 5.30. The molecule has 2 aromatic heterocycles. The molecular weight excluding hydrogens is 308 g/mol. The van der Waals surface area contributed by atoms with Gasteiger partial charge in [0.2, 0.25) is 0 Å². The molecule has 0 aliphatic heterocycles. The first-order valence-electron chi connectivity index (χ1n) is 7.27. The molecule has 2 aromatic carbocycles. The van der Waals surface area contributed by atoms with Crippen LogP contribution < -0.4 is 16.4 Å². The number of anilines is 1. The number of rotatable bonds is 2. The van der Waals surface area contributed by atoms with Crippen molar-refractivity contribution in [3.8, 4) is 0 Å². The number of carbonyl (C=O) groups excluding carboxylic acids is 1. The van der Waals surface area contributed by atoms with E-state index in [2.05, 4.69) is 15.4 Å². The van der Waals surface area contributed by atoms with Gasteiger partial charge in [0.25, 0.3) is 17.0 Å². The van der Waals surface area contributed by atoms with Gasteiger partial charge in [-0.05, 0) is 24.3 Å². The summed E-state index contributed by atoms with van der Waals surface area (Å²) in [6.07, 6.45) is 0. The third-order valence-corrected chi connectivity index (χ3v) is 3.79. The standard InChI is InChI=1S/C17H12N4O3/c22-15(10-6-2-1-3-7-10)19-13-14-18-12-9-5-4-8-11(12)17(24)21(14)20-16(13)23/h1-9,18H,(H,19,22)(H,20,23). The van der Waals surface area contributed by atoms with E-state index in [-0.39, 0.29) is 16.9 Å². The van der Waals surface area contributed by atoms with Gasteiger partial charge in [0, 0.05) is 5.56 Å². The maximum Gasteiger partial charge on any atom is 0.290 e. The molecule has 4 aromatic rings. The van der Waals surface area contributed by atoms with Crippen LogP contribution in [0.3, 0.4) is 0 Å². The number of amides is 1. The third kappa shape index (κ3) is 2.11. The Bertz CT molecular complexity index is 1190. The summed E-state index contributed by atoms with van der Waals surface area (Å²) in [5, 5.41) is 5.46. The van der Waals surface area contributed by atoms with Crippen molar-refractivity contribution in [2.45, 2.75) is 0 Å². The lowest BCUT2D eigenvalue weighted by atomic mass is 10.2. The number of carbonyl (C=O) groups is 1. The molecule has 0 aliphatic rings. The number of aromatic nitrogens is 3. The molecule has 4 rings (SSSR count). The summed E-state index contributed by atoms with van der Waals surface area (Å²) in [5.41, 5.74) is 0.301. The summed E-state index contributed by atoms with van der Waals surface area (Å²) < 4.78 is 1.10. The van der Waals surface area contributed by atoms with Gasteiger partial charge in [0.1, 0.15) is 0 Å². The van der Waals surface area contributed by atoms with Crippen LogP contribution in [0.1, 0.15) is 10.4 Å². The van der Waals surface area contributed by atoms with Gasteiger partial charge < -0.3 is 10.3 Å². The van der Waals surface area contributed by atoms with Gasteiger partial charge in [0.05, 0.1) is 10.9 Å².